The van der Waals surface area contributed by atoms with Crippen molar-refractivity contribution >= 4 is 41.0 Å². The van der Waals surface area contributed by atoms with Gasteiger partial charge in [-0.3, -0.25) is 14.9 Å². The van der Waals surface area contributed by atoms with Crippen molar-refractivity contribution in [2.45, 2.75) is 20.8 Å². The highest BCUT2D eigenvalue weighted by molar-refractivity contribution is 6.42. The summed E-state index contributed by atoms with van der Waals surface area (Å²) in [4.78, 5) is 22.9. The Morgan fingerprint density at radius 2 is 1.87 bits per heavy atom. The van der Waals surface area contributed by atoms with Gasteiger partial charge in [0, 0.05) is 34.3 Å². The first-order chi connectivity index (χ1) is 14.2. The summed E-state index contributed by atoms with van der Waals surface area (Å²) in [5.41, 5.74) is 6.30. The number of rotatable bonds is 5. The Morgan fingerprint density at radius 3 is 2.53 bits per heavy atom. The third-order valence-electron chi connectivity index (χ3n) is 4.75. The lowest BCUT2D eigenvalue weighted by Gasteiger charge is -2.10. The molecule has 0 aliphatic heterocycles. The van der Waals surface area contributed by atoms with Crippen LogP contribution < -0.4 is 5.43 Å². The van der Waals surface area contributed by atoms with Crippen molar-refractivity contribution in [1.82, 2.24) is 9.99 Å². The molecule has 0 atom stereocenters. The Labute approximate surface area is 183 Å². The average Bonchev–Trinajstić information content (AvgIpc) is 2.97. The zero-order chi connectivity index (χ0) is 22.0. The number of carbonyl (C=O) groups excluding carboxylic acids is 1. The van der Waals surface area contributed by atoms with Gasteiger partial charge >= 0.3 is 0 Å². The highest BCUT2D eigenvalue weighted by Gasteiger charge is 2.17. The molecular weight excluding hydrogens is 427 g/mol. The van der Waals surface area contributed by atoms with Gasteiger partial charge in [0.1, 0.15) is 0 Å². The van der Waals surface area contributed by atoms with E-state index in [9.17, 15) is 14.9 Å². The molecule has 0 radical (unpaired) electrons. The predicted molar refractivity (Wildman–Crippen MR) is 118 cm³/mol. The fraction of sp³-hybridized carbons (Fsp3) is 0.143. The maximum atomic E-state index is 12.4. The molecule has 3 aromatic rings. The molecule has 7 nitrogen and oxygen atoms in total. The largest absolute Gasteiger partial charge is 0.318 e. The van der Waals surface area contributed by atoms with Crippen LogP contribution in [0.25, 0.3) is 5.69 Å². The lowest BCUT2D eigenvalue weighted by atomic mass is 10.1. The number of halogens is 2. The fourth-order valence-corrected chi connectivity index (χ4v) is 3.52. The van der Waals surface area contributed by atoms with Gasteiger partial charge in [0.25, 0.3) is 11.6 Å². The van der Waals surface area contributed by atoms with Gasteiger partial charge in [0.2, 0.25) is 0 Å². The summed E-state index contributed by atoms with van der Waals surface area (Å²) in [6, 6.07) is 11.6. The minimum Gasteiger partial charge on any atom is -0.318 e. The van der Waals surface area contributed by atoms with Crippen LogP contribution in [0, 0.1) is 30.9 Å². The summed E-state index contributed by atoms with van der Waals surface area (Å²) >= 11 is 12.1. The summed E-state index contributed by atoms with van der Waals surface area (Å²) in [6.45, 7) is 5.39. The van der Waals surface area contributed by atoms with Gasteiger partial charge in [0.05, 0.1) is 26.7 Å². The topological polar surface area (TPSA) is 89.5 Å². The maximum Gasteiger partial charge on any atom is 0.273 e. The van der Waals surface area contributed by atoms with E-state index in [2.05, 4.69) is 10.5 Å². The minimum absolute atomic E-state index is 0.114. The second-order valence-electron chi connectivity index (χ2n) is 6.67. The molecule has 0 fully saturated rings. The number of benzene rings is 2. The first kappa shape index (κ1) is 21.5. The molecule has 1 amide bonds. The summed E-state index contributed by atoms with van der Waals surface area (Å²) in [6.07, 6.45) is 1.53. The number of nitro benzene ring substituents is 1. The maximum absolute atomic E-state index is 12.4. The van der Waals surface area contributed by atoms with E-state index in [1.165, 1.54) is 31.3 Å². The summed E-state index contributed by atoms with van der Waals surface area (Å²) in [5.74, 6) is -0.522. The second-order valence-corrected chi connectivity index (χ2v) is 7.48. The van der Waals surface area contributed by atoms with E-state index in [4.69, 9.17) is 23.2 Å². The molecule has 3 rings (SSSR count). The van der Waals surface area contributed by atoms with Crippen molar-refractivity contribution in [1.29, 1.82) is 0 Å². The molecule has 30 heavy (non-hydrogen) atoms. The molecule has 2 aromatic carbocycles. The van der Waals surface area contributed by atoms with Crippen molar-refractivity contribution in [3.63, 3.8) is 0 Å². The number of aryl methyl sites for hydroxylation is 1. The van der Waals surface area contributed by atoms with Crippen molar-refractivity contribution < 1.29 is 9.72 Å². The van der Waals surface area contributed by atoms with Gasteiger partial charge in [-0.1, -0.05) is 29.3 Å². The smallest absolute Gasteiger partial charge is 0.273 e. The zero-order valence-electron chi connectivity index (χ0n) is 16.4. The van der Waals surface area contributed by atoms with E-state index >= 15 is 0 Å². The number of carbonyl (C=O) groups is 1. The minimum atomic E-state index is -0.522. The third kappa shape index (κ3) is 4.22. The lowest BCUT2D eigenvalue weighted by molar-refractivity contribution is -0.385. The highest BCUT2D eigenvalue weighted by Crippen LogP contribution is 2.27. The summed E-state index contributed by atoms with van der Waals surface area (Å²) in [5, 5.41) is 16.0. The molecule has 0 aliphatic carbocycles. The Morgan fingerprint density at radius 1 is 1.13 bits per heavy atom. The van der Waals surface area contributed by atoms with E-state index in [0.29, 0.717) is 10.0 Å². The second kappa shape index (κ2) is 8.69. The van der Waals surface area contributed by atoms with E-state index < -0.39 is 10.8 Å². The SMILES string of the molecule is Cc1c(C(=O)N/N=C/c2cc(C)n(-c3ccc(Cl)c(Cl)c3)c2C)cccc1[N+](=O)[O-]. The van der Waals surface area contributed by atoms with Crippen LogP contribution in [0.2, 0.25) is 10.0 Å². The lowest BCUT2D eigenvalue weighted by Crippen LogP contribution is -2.19. The third-order valence-corrected chi connectivity index (χ3v) is 5.49. The molecule has 0 bridgehead atoms. The van der Waals surface area contributed by atoms with E-state index in [-0.39, 0.29) is 16.8 Å². The number of hydrazone groups is 1. The van der Waals surface area contributed by atoms with Crippen molar-refractivity contribution in [3.8, 4) is 5.69 Å². The standard InChI is InChI=1S/C21H18Cl2N4O3/c1-12-9-15(14(3)26(12)16-7-8-18(22)19(23)10-16)11-24-25-21(28)17-5-4-6-20(13(17)2)27(29)30/h4-11H,1-3H3,(H,25,28)/b24-11+. The van der Waals surface area contributed by atoms with Crippen molar-refractivity contribution in [3.05, 3.63) is 90.7 Å². The molecule has 0 unspecified atom stereocenters. The van der Waals surface area contributed by atoms with Crippen molar-refractivity contribution in [2.75, 3.05) is 0 Å². The van der Waals surface area contributed by atoms with Crippen LogP contribution in [0.15, 0.2) is 47.6 Å². The normalized spacial score (nSPS) is 11.1. The van der Waals surface area contributed by atoms with Crippen LogP contribution in [-0.2, 0) is 0 Å². The number of nitrogens with zero attached hydrogens (tertiary/aromatic N) is 3. The van der Waals surface area contributed by atoms with E-state index in [0.717, 1.165) is 22.6 Å². The summed E-state index contributed by atoms with van der Waals surface area (Å²) < 4.78 is 2.00. The molecule has 154 valence electrons. The van der Waals surface area contributed by atoms with Crippen LogP contribution in [0.4, 0.5) is 5.69 Å². The molecule has 0 spiro atoms. The average molecular weight is 445 g/mol. The molecule has 0 aliphatic rings. The Balaban J connectivity index is 1.82. The number of nitrogens with one attached hydrogen (secondary N) is 1. The Hall–Kier alpha value is -3.16. The first-order valence-electron chi connectivity index (χ1n) is 8.92. The van der Waals surface area contributed by atoms with Crippen LogP contribution in [0.3, 0.4) is 0 Å². The van der Waals surface area contributed by atoms with Gasteiger partial charge in [-0.05, 0) is 51.1 Å². The van der Waals surface area contributed by atoms with E-state index in [1.807, 2.05) is 30.5 Å². The Kier molecular flexibility index (Phi) is 6.24. The van der Waals surface area contributed by atoms with Crippen LogP contribution in [0.1, 0.15) is 32.9 Å². The van der Waals surface area contributed by atoms with Gasteiger partial charge in [-0.15, -0.1) is 0 Å². The molecule has 1 heterocycles. The number of amides is 1. The van der Waals surface area contributed by atoms with Crippen molar-refractivity contribution in [2.24, 2.45) is 5.10 Å². The molecule has 1 N–H and O–H groups in total. The predicted octanol–water partition coefficient (Wildman–Crippen LogP) is 5.38. The van der Waals surface area contributed by atoms with Gasteiger partial charge < -0.3 is 4.57 Å². The summed E-state index contributed by atoms with van der Waals surface area (Å²) in [7, 11) is 0. The number of nitro groups is 1. The first-order valence-corrected chi connectivity index (χ1v) is 9.68. The van der Waals surface area contributed by atoms with Gasteiger partial charge in [-0.2, -0.15) is 5.10 Å². The fourth-order valence-electron chi connectivity index (χ4n) is 3.23. The number of hydrogen-bond donors (Lipinski definition) is 1. The molecule has 0 saturated carbocycles. The quantitative estimate of drug-likeness (QED) is 0.325. The monoisotopic (exact) mass is 444 g/mol. The van der Waals surface area contributed by atoms with Crippen LogP contribution in [-0.4, -0.2) is 21.6 Å². The van der Waals surface area contributed by atoms with Gasteiger partial charge in [-0.25, -0.2) is 5.43 Å². The molecule has 0 saturated heterocycles. The molecule has 1 aromatic heterocycles. The van der Waals surface area contributed by atoms with Crippen LogP contribution in [0.5, 0.6) is 0 Å². The highest BCUT2D eigenvalue weighted by atomic mass is 35.5. The molecular formula is C21H18Cl2N4O3. The Bertz CT molecular complexity index is 1190. The van der Waals surface area contributed by atoms with Gasteiger partial charge in [0.15, 0.2) is 0 Å². The molecule has 9 heteroatoms. The number of hydrogen-bond acceptors (Lipinski definition) is 4. The zero-order valence-corrected chi connectivity index (χ0v) is 18.0. The van der Waals surface area contributed by atoms with E-state index in [1.54, 1.807) is 12.1 Å². The number of aromatic nitrogens is 1. The van der Waals surface area contributed by atoms with Crippen LogP contribution >= 0.6 is 23.2 Å².